The Bertz CT molecular complexity index is 1200. The van der Waals surface area contributed by atoms with Gasteiger partial charge in [-0.15, -0.1) is 0 Å². The quantitative estimate of drug-likeness (QED) is 0.691. The zero-order valence-electron chi connectivity index (χ0n) is 18.4. The molecule has 1 saturated heterocycles. The molecule has 1 fully saturated rings. The molecule has 2 amide bonds. The van der Waals surface area contributed by atoms with Crippen molar-refractivity contribution in [1.29, 1.82) is 0 Å². The van der Waals surface area contributed by atoms with Gasteiger partial charge in [0, 0.05) is 24.8 Å². The first-order valence-electron chi connectivity index (χ1n) is 10.9. The molecule has 0 aromatic heterocycles. The van der Waals surface area contributed by atoms with Gasteiger partial charge >= 0.3 is 0 Å². The van der Waals surface area contributed by atoms with E-state index in [1.165, 1.54) is 28.6 Å². The molecule has 2 aliphatic heterocycles. The lowest BCUT2D eigenvalue weighted by atomic mass is 9.99. The van der Waals surface area contributed by atoms with E-state index in [1.807, 2.05) is 6.92 Å². The molecule has 33 heavy (non-hydrogen) atoms. The van der Waals surface area contributed by atoms with Crippen LogP contribution in [0.1, 0.15) is 31.7 Å². The zero-order chi connectivity index (χ0) is 23.8. The summed E-state index contributed by atoms with van der Waals surface area (Å²) in [5.41, 5.74) is 1.24. The first-order chi connectivity index (χ1) is 15.7. The second-order valence-electron chi connectivity index (χ2n) is 8.32. The number of rotatable bonds is 5. The molecule has 10 heteroatoms. The second-order valence-corrected chi connectivity index (χ2v) is 10.2. The Labute approximate surface area is 192 Å². The maximum Gasteiger partial charge on any atom is 0.265 e. The number of piperidine rings is 1. The number of nitrogens with one attached hydrogen (secondary N) is 2. The van der Waals surface area contributed by atoms with Crippen LogP contribution in [-0.2, 0) is 19.6 Å². The largest absolute Gasteiger partial charge is 0.478 e. The number of hydrogen-bond donors (Lipinski definition) is 2. The van der Waals surface area contributed by atoms with Gasteiger partial charge in [-0.1, -0.05) is 13.0 Å². The lowest BCUT2D eigenvalue weighted by Crippen LogP contribution is -2.44. The number of carbonyl (C=O) groups is 2. The predicted molar refractivity (Wildman–Crippen MR) is 121 cm³/mol. The smallest absolute Gasteiger partial charge is 0.265 e. The number of amides is 2. The Morgan fingerprint density at radius 1 is 1.30 bits per heavy atom. The van der Waals surface area contributed by atoms with Crippen LogP contribution in [0.15, 0.2) is 41.3 Å². The minimum Gasteiger partial charge on any atom is -0.478 e. The third-order valence-electron chi connectivity index (χ3n) is 5.93. The average Bonchev–Trinajstić information content (AvgIpc) is 2.78. The van der Waals surface area contributed by atoms with Crippen molar-refractivity contribution in [2.75, 3.05) is 23.7 Å². The van der Waals surface area contributed by atoms with Crippen molar-refractivity contribution in [3.05, 3.63) is 47.8 Å². The van der Waals surface area contributed by atoms with E-state index in [1.54, 1.807) is 19.1 Å². The highest BCUT2D eigenvalue weighted by molar-refractivity contribution is 7.89. The Kier molecular flexibility index (Phi) is 6.40. The highest BCUT2D eigenvalue weighted by Gasteiger charge is 2.36. The van der Waals surface area contributed by atoms with Crippen LogP contribution >= 0.6 is 0 Å². The van der Waals surface area contributed by atoms with Gasteiger partial charge in [-0.2, -0.15) is 4.31 Å². The van der Waals surface area contributed by atoms with Crippen molar-refractivity contribution in [2.45, 2.75) is 44.1 Å². The number of hydrogen-bond acceptors (Lipinski definition) is 5. The number of carbonyl (C=O) groups excluding carboxylic acids is 2. The molecule has 2 heterocycles. The average molecular weight is 476 g/mol. The first-order valence-corrected chi connectivity index (χ1v) is 12.3. The summed E-state index contributed by atoms with van der Waals surface area (Å²) in [5, 5.41) is 5.43. The molecule has 2 aromatic carbocycles. The topological polar surface area (TPSA) is 105 Å². The maximum absolute atomic E-state index is 13.5. The van der Waals surface area contributed by atoms with E-state index in [-0.39, 0.29) is 29.8 Å². The van der Waals surface area contributed by atoms with Crippen molar-refractivity contribution in [2.24, 2.45) is 5.92 Å². The lowest BCUT2D eigenvalue weighted by Gasteiger charge is -2.32. The molecule has 8 nitrogen and oxygen atoms in total. The lowest BCUT2D eigenvalue weighted by molar-refractivity contribution is -0.123. The Morgan fingerprint density at radius 3 is 2.82 bits per heavy atom. The normalized spacial score (nSPS) is 21.0. The fourth-order valence-corrected chi connectivity index (χ4v) is 5.90. The van der Waals surface area contributed by atoms with Gasteiger partial charge in [-0.3, -0.25) is 9.59 Å². The van der Waals surface area contributed by atoms with Gasteiger partial charge in [0.25, 0.3) is 5.91 Å². The number of anilines is 2. The molecule has 2 aliphatic rings. The fraction of sp³-hybridized carbons (Fsp3) is 0.391. The van der Waals surface area contributed by atoms with E-state index < -0.39 is 27.9 Å². The van der Waals surface area contributed by atoms with Crippen LogP contribution < -0.4 is 15.4 Å². The van der Waals surface area contributed by atoms with Gasteiger partial charge in [-0.05, 0) is 56.0 Å². The maximum atomic E-state index is 13.5. The van der Waals surface area contributed by atoms with Crippen LogP contribution in [-0.4, -0.2) is 43.7 Å². The number of aryl methyl sites for hydroxylation is 1. The highest BCUT2D eigenvalue weighted by Crippen LogP contribution is 2.36. The first kappa shape index (κ1) is 23.2. The second kappa shape index (κ2) is 9.11. The minimum atomic E-state index is -3.91. The summed E-state index contributed by atoms with van der Waals surface area (Å²) in [6.45, 7) is 3.78. The van der Waals surface area contributed by atoms with Crippen molar-refractivity contribution >= 4 is 33.2 Å². The number of fused-ring (bicyclic) bond motifs is 1. The van der Waals surface area contributed by atoms with Gasteiger partial charge in [0.05, 0.1) is 16.5 Å². The molecule has 176 valence electrons. The predicted octanol–water partition coefficient (Wildman–Crippen LogP) is 3.28. The molecular weight excluding hydrogens is 449 g/mol. The Morgan fingerprint density at radius 2 is 2.09 bits per heavy atom. The van der Waals surface area contributed by atoms with E-state index >= 15 is 0 Å². The fourth-order valence-electron chi connectivity index (χ4n) is 4.16. The molecule has 2 N–H and O–H groups in total. The summed E-state index contributed by atoms with van der Waals surface area (Å²) in [5.74, 6) is -1.33. The van der Waals surface area contributed by atoms with Crippen LogP contribution in [0.3, 0.4) is 0 Å². The van der Waals surface area contributed by atoms with Crippen LogP contribution in [0.2, 0.25) is 0 Å². The number of ether oxygens (including phenoxy) is 1. The molecule has 0 radical (unpaired) electrons. The Hall–Kier alpha value is -2.98. The third-order valence-corrected chi connectivity index (χ3v) is 7.94. The summed E-state index contributed by atoms with van der Waals surface area (Å²) in [7, 11) is -3.91. The van der Waals surface area contributed by atoms with Gasteiger partial charge in [0.15, 0.2) is 6.10 Å². The molecule has 0 aliphatic carbocycles. The van der Waals surface area contributed by atoms with E-state index in [0.717, 1.165) is 0 Å². The minimum absolute atomic E-state index is 0.0230. The summed E-state index contributed by atoms with van der Waals surface area (Å²) >= 11 is 0. The molecule has 0 saturated carbocycles. The van der Waals surface area contributed by atoms with Crippen LogP contribution in [0.5, 0.6) is 5.75 Å². The third kappa shape index (κ3) is 4.72. The number of halogens is 1. The molecule has 0 bridgehead atoms. The monoisotopic (exact) mass is 475 g/mol. The number of nitrogens with zero attached hydrogens (tertiary/aromatic N) is 1. The Balaban J connectivity index is 1.55. The van der Waals surface area contributed by atoms with Crippen molar-refractivity contribution < 1.29 is 27.1 Å². The summed E-state index contributed by atoms with van der Waals surface area (Å²) < 4.78 is 47.4. The number of sulfonamides is 1. The summed E-state index contributed by atoms with van der Waals surface area (Å²) in [6, 6.07) is 8.60. The van der Waals surface area contributed by atoms with Crippen LogP contribution in [0, 0.1) is 18.7 Å². The van der Waals surface area contributed by atoms with E-state index in [9.17, 15) is 22.4 Å². The molecular formula is C23H26FN3O5S. The van der Waals surface area contributed by atoms with Gasteiger partial charge < -0.3 is 15.4 Å². The van der Waals surface area contributed by atoms with Gasteiger partial charge in [-0.25, -0.2) is 12.8 Å². The zero-order valence-corrected chi connectivity index (χ0v) is 19.2. The molecule has 2 atom stereocenters. The van der Waals surface area contributed by atoms with Crippen LogP contribution in [0.25, 0.3) is 0 Å². The van der Waals surface area contributed by atoms with Gasteiger partial charge in [0.2, 0.25) is 15.9 Å². The SMILES string of the molecule is CC[C@@H]1Oc2cc(S(=O)(=O)N3CCC[C@H](C(=O)Nc4cccc(F)c4)C3)c(C)cc2NC1=O. The van der Waals surface area contributed by atoms with Crippen molar-refractivity contribution in [3.63, 3.8) is 0 Å². The van der Waals surface area contributed by atoms with E-state index in [0.29, 0.717) is 42.0 Å². The molecule has 0 spiro atoms. The number of benzene rings is 2. The summed E-state index contributed by atoms with van der Waals surface area (Å²) in [6.07, 6.45) is 0.829. The van der Waals surface area contributed by atoms with E-state index in [4.69, 9.17) is 4.74 Å². The van der Waals surface area contributed by atoms with Crippen molar-refractivity contribution in [3.8, 4) is 5.75 Å². The molecule has 4 rings (SSSR count). The highest BCUT2D eigenvalue weighted by atomic mass is 32.2. The standard InChI is InChI=1S/C23H26FN3O5S/c1-3-19-23(29)26-18-10-14(2)21(12-20(18)32-19)33(30,31)27-9-5-6-15(13-27)22(28)25-17-8-4-7-16(24)11-17/h4,7-8,10-12,15,19H,3,5-6,9,13H2,1-2H3,(H,25,28)(H,26,29)/t15-,19-/m0/s1. The summed E-state index contributed by atoms with van der Waals surface area (Å²) in [4.78, 5) is 24.9. The molecule has 2 aromatic rings. The molecule has 0 unspecified atom stereocenters. The van der Waals surface area contributed by atoms with Crippen molar-refractivity contribution in [1.82, 2.24) is 4.31 Å². The van der Waals surface area contributed by atoms with E-state index in [2.05, 4.69) is 10.6 Å². The van der Waals surface area contributed by atoms with Gasteiger partial charge in [0.1, 0.15) is 11.6 Å². The van der Waals surface area contributed by atoms with Crippen LogP contribution in [0.4, 0.5) is 15.8 Å².